The summed E-state index contributed by atoms with van der Waals surface area (Å²) in [5, 5.41) is 7.00. The molecule has 0 bridgehead atoms. The van der Waals surface area contributed by atoms with Gasteiger partial charge in [-0.2, -0.15) is 0 Å². The molecule has 0 spiro atoms. The summed E-state index contributed by atoms with van der Waals surface area (Å²) in [5.41, 5.74) is 11.3. The number of aryl methyl sites for hydroxylation is 1. The molecule has 10 heteroatoms. The molecule has 1 unspecified atom stereocenters. The zero-order valence-electron chi connectivity index (χ0n) is 17.8. The first-order valence-corrected chi connectivity index (χ1v) is 12.0. The van der Waals surface area contributed by atoms with Crippen LogP contribution < -0.4 is 22.1 Å². The minimum atomic E-state index is -0.481. The molecule has 1 aliphatic heterocycles. The SMILES string of the molecule is C=CC(N)=O.Cc1sc2ccc(C(N)=O)cc2c1NCC(C)NC=O.O=S1CCCC1. The lowest BCUT2D eigenvalue weighted by atomic mass is 10.1. The quantitative estimate of drug-likeness (QED) is 0.364. The molecule has 3 amide bonds. The van der Waals surface area contributed by atoms with E-state index in [1.54, 1.807) is 23.5 Å². The van der Waals surface area contributed by atoms with Crippen LogP contribution in [0.5, 0.6) is 0 Å². The van der Waals surface area contributed by atoms with E-state index < -0.39 is 22.6 Å². The molecule has 2 heterocycles. The lowest BCUT2D eigenvalue weighted by Gasteiger charge is -2.13. The fraction of sp³-hybridized carbons (Fsp3) is 0.381. The van der Waals surface area contributed by atoms with E-state index in [0.29, 0.717) is 18.5 Å². The predicted molar refractivity (Wildman–Crippen MR) is 129 cm³/mol. The summed E-state index contributed by atoms with van der Waals surface area (Å²) in [6.07, 6.45) is 4.12. The fourth-order valence-electron chi connectivity index (χ4n) is 2.65. The number of primary amides is 2. The van der Waals surface area contributed by atoms with Gasteiger partial charge in [-0.1, -0.05) is 6.58 Å². The molecular formula is C21H30N4O4S2. The number of carbonyl (C=O) groups excluding carboxylic acids is 3. The van der Waals surface area contributed by atoms with Crippen LogP contribution >= 0.6 is 11.3 Å². The van der Waals surface area contributed by atoms with Crippen molar-refractivity contribution in [3.63, 3.8) is 0 Å². The highest BCUT2D eigenvalue weighted by Gasteiger charge is 2.12. The molecule has 31 heavy (non-hydrogen) atoms. The molecule has 8 nitrogen and oxygen atoms in total. The topological polar surface area (TPSA) is 144 Å². The summed E-state index contributed by atoms with van der Waals surface area (Å²) in [6.45, 7) is 7.64. The molecule has 170 valence electrons. The molecule has 3 rings (SSSR count). The van der Waals surface area contributed by atoms with Crippen LogP contribution in [0.4, 0.5) is 5.69 Å². The van der Waals surface area contributed by atoms with Gasteiger partial charge in [0.2, 0.25) is 18.2 Å². The minimum absolute atomic E-state index is 0.0289. The average Bonchev–Trinajstić information content (AvgIpc) is 3.32. The van der Waals surface area contributed by atoms with Gasteiger partial charge >= 0.3 is 0 Å². The highest BCUT2D eigenvalue weighted by molar-refractivity contribution is 7.85. The van der Waals surface area contributed by atoms with Gasteiger partial charge in [-0.05, 0) is 51.0 Å². The van der Waals surface area contributed by atoms with E-state index in [2.05, 4.69) is 22.9 Å². The highest BCUT2D eigenvalue weighted by Crippen LogP contribution is 2.35. The summed E-state index contributed by atoms with van der Waals surface area (Å²) in [4.78, 5) is 32.3. The van der Waals surface area contributed by atoms with Crippen LogP contribution in [0.25, 0.3) is 10.1 Å². The monoisotopic (exact) mass is 466 g/mol. The summed E-state index contributed by atoms with van der Waals surface area (Å²) in [7, 11) is -0.423. The molecule has 2 aromatic rings. The van der Waals surface area contributed by atoms with Crippen LogP contribution in [0.1, 0.15) is 35.0 Å². The molecule has 1 saturated heterocycles. The lowest BCUT2D eigenvalue weighted by molar-refractivity contribution is -0.113. The molecule has 0 radical (unpaired) electrons. The molecule has 0 saturated carbocycles. The zero-order chi connectivity index (χ0) is 23.4. The number of amides is 3. The second kappa shape index (κ2) is 13.6. The number of benzene rings is 1. The molecule has 1 aliphatic rings. The van der Waals surface area contributed by atoms with Crippen molar-refractivity contribution in [1.82, 2.24) is 5.32 Å². The molecule has 1 aromatic heterocycles. The van der Waals surface area contributed by atoms with E-state index in [-0.39, 0.29) is 6.04 Å². The third kappa shape index (κ3) is 9.31. The minimum Gasteiger partial charge on any atom is -0.382 e. The summed E-state index contributed by atoms with van der Waals surface area (Å²) in [6, 6.07) is 5.48. The van der Waals surface area contributed by atoms with Gasteiger partial charge in [0, 0.05) is 55.4 Å². The Hall–Kier alpha value is -2.72. The molecular weight excluding hydrogens is 436 g/mol. The smallest absolute Gasteiger partial charge is 0.248 e. The Morgan fingerprint density at radius 1 is 1.29 bits per heavy atom. The lowest BCUT2D eigenvalue weighted by Crippen LogP contribution is -2.31. The van der Waals surface area contributed by atoms with E-state index in [4.69, 9.17) is 5.73 Å². The Kier molecular flexibility index (Phi) is 11.5. The Balaban J connectivity index is 0.000000357. The van der Waals surface area contributed by atoms with E-state index >= 15 is 0 Å². The van der Waals surface area contributed by atoms with Gasteiger partial charge < -0.3 is 22.1 Å². The first-order chi connectivity index (χ1) is 14.7. The third-order valence-corrected chi connectivity index (χ3v) is 6.86. The van der Waals surface area contributed by atoms with Crippen LogP contribution in [0, 0.1) is 6.92 Å². The standard InChI is InChI=1S/C14H17N3O2S.C4H8OS.C3H5NO/c1-8(17-7-18)6-16-13-9(2)20-12-4-3-10(14(15)19)5-11(12)13;5-6-3-1-2-4-6;1-2-3(4)5/h3-5,7-8,16H,6H2,1-2H3,(H2,15,19)(H,17,18);1-4H2;2H,1H2,(H2,4,5). The number of anilines is 1. The Bertz CT molecular complexity index is 935. The Morgan fingerprint density at radius 2 is 1.90 bits per heavy atom. The van der Waals surface area contributed by atoms with Crippen molar-refractivity contribution in [2.24, 2.45) is 11.5 Å². The number of rotatable bonds is 7. The van der Waals surface area contributed by atoms with Crippen molar-refractivity contribution in [2.45, 2.75) is 32.7 Å². The van der Waals surface area contributed by atoms with Crippen LogP contribution in [-0.4, -0.2) is 46.5 Å². The van der Waals surface area contributed by atoms with Gasteiger partial charge in [-0.25, -0.2) is 0 Å². The Morgan fingerprint density at radius 3 is 2.35 bits per heavy atom. The first-order valence-electron chi connectivity index (χ1n) is 9.73. The maximum absolute atomic E-state index is 11.3. The molecule has 0 aliphatic carbocycles. The van der Waals surface area contributed by atoms with Gasteiger partial charge in [0.25, 0.3) is 0 Å². The number of hydrogen-bond donors (Lipinski definition) is 4. The van der Waals surface area contributed by atoms with Gasteiger partial charge in [-0.15, -0.1) is 11.3 Å². The average molecular weight is 467 g/mol. The van der Waals surface area contributed by atoms with Gasteiger partial charge in [-0.3, -0.25) is 18.6 Å². The van der Waals surface area contributed by atoms with Gasteiger partial charge in [0.05, 0.1) is 5.69 Å². The summed E-state index contributed by atoms with van der Waals surface area (Å²) >= 11 is 1.66. The van der Waals surface area contributed by atoms with Crippen molar-refractivity contribution in [1.29, 1.82) is 0 Å². The van der Waals surface area contributed by atoms with Gasteiger partial charge in [0.1, 0.15) is 0 Å². The number of nitrogens with two attached hydrogens (primary N) is 2. The number of nitrogens with one attached hydrogen (secondary N) is 2. The van der Waals surface area contributed by atoms with Crippen molar-refractivity contribution in [2.75, 3.05) is 23.4 Å². The van der Waals surface area contributed by atoms with Crippen molar-refractivity contribution >= 4 is 56.1 Å². The van der Waals surface area contributed by atoms with Crippen LogP contribution in [0.3, 0.4) is 0 Å². The number of carbonyl (C=O) groups is 3. The van der Waals surface area contributed by atoms with Gasteiger partial charge in [0.15, 0.2) is 0 Å². The largest absolute Gasteiger partial charge is 0.382 e. The zero-order valence-corrected chi connectivity index (χ0v) is 19.4. The molecule has 1 fully saturated rings. The fourth-order valence-corrected chi connectivity index (χ4v) is 4.93. The third-order valence-electron chi connectivity index (χ3n) is 4.28. The molecule has 6 N–H and O–H groups in total. The van der Waals surface area contributed by atoms with E-state index in [9.17, 15) is 18.6 Å². The van der Waals surface area contributed by atoms with Crippen LogP contribution in [0.15, 0.2) is 30.9 Å². The van der Waals surface area contributed by atoms with Crippen molar-refractivity contribution in [3.8, 4) is 0 Å². The molecule has 1 aromatic carbocycles. The van der Waals surface area contributed by atoms with E-state index in [0.717, 1.165) is 38.2 Å². The maximum Gasteiger partial charge on any atom is 0.248 e. The number of fused-ring (bicyclic) bond motifs is 1. The second-order valence-electron chi connectivity index (χ2n) is 6.84. The van der Waals surface area contributed by atoms with Crippen LogP contribution in [-0.2, 0) is 20.4 Å². The maximum atomic E-state index is 11.3. The van der Waals surface area contributed by atoms with E-state index in [1.165, 1.54) is 12.8 Å². The number of thiophene rings is 1. The van der Waals surface area contributed by atoms with Crippen LogP contribution in [0.2, 0.25) is 0 Å². The van der Waals surface area contributed by atoms with Crippen molar-refractivity contribution < 1.29 is 18.6 Å². The second-order valence-corrected chi connectivity index (χ2v) is 9.79. The Labute approximate surface area is 188 Å². The summed E-state index contributed by atoms with van der Waals surface area (Å²) < 4.78 is 11.5. The summed E-state index contributed by atoms with van der Waals surface area (Å²) in [5.74, 6) is 1.00. The highest BCUT2D eigenvalue weighted by atomic mass is 32.2. The molecule has 1 atom stereocenters. The predicted octanol–water partition coefficient (Wildman–Crippen LogP) is 2.04. The number of hydrogen-bond acceptors (Lipinski definition) is 6. The normalized spacial score (nSPS) is 13.7. The van der Waals surface area contributed by atoms with E-state index in [1.807, 2.05) is 19.9 Å². The first kappa shape index (κ1) is 26.3. The van der Waals surface area contributed by atoms with Crippen molar-refractivity contribution in [3.05, 3.63) is 41.3 Å².